The maximum absolute atomic E-state index is 10.9. The second-order valence-corrected chi connectivity index (χ2v) is 6.97. The quantitative estimate of drug-likeness (QED) is 0.832. The summed E-state index contributed by atoms with van der Waals surface area (Å²) >= 11 is 0. The zero-order valence-corrected chi connectivity index (χ0v) is 10.3. The molecule has 16 heavy (non-hydrogen) atoms. The van der Waals surface area contributed by atoms with Gasteiger partial charge in [-0.2, -0.15) is 0 Å². The number of hydrogen-bond donors (Lipinski definition) is 1. The summed E-state index contributed by atoms with van der Waals surface area (Å²) in [4.78, 5) is -0.0432. The second kappa shape index (κ2) is 4.54. The van der Waals surface area contributed by atoms with Gasteiger partial charge in [0.05, 0.1) is 4.90 Å². The molecule has 0 heterocycles. The van der Waals surface area contributed by atoms with Crippen LogP contribution >= 0.6 is 10.7 Å². The summed E-state index contributed by atoms with van der Waals surface area (Å²) in [5.74, 6) is 0. The summed E-state index contributed by atoms with van der Waals surface area (Å²) in [6.45, 7) is 0. The van der Waals surface area contributed by atoms with Crippen LogP contribution in [0, 0.1) is 0 Å². The van der Waals surface area contributed by atoms with Crippen molar-refractivity contribution in [1.29, 1.82) is 0 Å². The summed E-state index contributed by atoms with van der Waals surface area (Å²) < 4.78 is 43.0. The number of benzene rings is 1. The average Bonchev–Trinajstić information content (AvgIpc) is 2.13. The number of nitrogens with two attached hydrogens (primary N) is 1. The van der Waals surface area contributed by atoms with Crippen LogP contribution in [-0.4, -0.2) is 16.8 Å². The second-order valence-electron chi connectivity index (χ2n) is 2.89. The van der Waals surface area contributed by atoms with Crippen LogP contribution in [0.3, 0.4) is 0 Å². The van der Waals surface area contributed by atoms with Crippen molar-refractivity contribution in [2.24, 2.45) is 5.14 Å². The molecule has 0 aliphatic heterocycles. The van der Waals surface area contributed by atoms with E-state index in [1.807, 2.05) is 0 Å². The fraction of sp³-hybridized carbons (Fsp3) is 0. The lowest BCUT2D eigenvalue weighted by atomic mass is 10.2. The first kappa shape index (κ1) is 13.2. The Hall–Kier alpha value is -0.890. The van der Waals surface area contributed by atoms with E-state index >= 15 is 0 Å². The zero-order chi connectivity index (χ0) is 12.4. The third-order valence-corrected chi connectivity index (χ3v) is 3.33. The average molecular weight is 282 g/mol. The molecule has 0 unspecified atom stereocenters. The summed E-state index contributed by atoms with van der Waals surface area (Å²) in [5.41, 5.74) is 0.497. The molecule has 2 N–H and O–H groups in total. The Kier molecular flexibility index (Phi) is 3.74. The molecule has 88 valence electrons. The van der Waals surface area contributed by atoms with Crippen molar-refractivity contribution in [2.45, 2.75) is 4.90 Å². The SMILES string of the molecule is NS(=O)(=O)c1ccc(/C=C/S(=O)(=O)Cl)cc1. The lowest BCUT2D eigenvalue weighted by molar-refractivity contribution is 0.597. The van der Waals surface area contributed by atoms with Gasteiger partial charge in [0.15, 0.2) is 0 Å². The molecule has 0 spiro atoms. The maximum atomic E-state index is 10.9. The van der Waals surface area contributed by atoms with Gasteiger partial charge in [-0.25, -0.2) is 22.0 Å². The molecule has 0 saturated carbocycles. The van der Waals surface area contributed by atoms with E-state index in [9.17, 15) is 16.8 Å². The van der Waals surface area contributed by atoms with Gasteiger partial charge in [0, 0.05) is 16.1 Å². The highest BCUT2D eigenvalue weighted by Crippen LogP contribution is 2.11. The molecule has 8 heteroatoms. The molecule has 0 aliphatic rings. The van der Waals surface area contributed by atoms with Gasteiger partial charge in [-0.3, -0.25) is 0 Å². The van der Waals surface area contributed by atoms with Gasteiger partial charge >= 0.3 is 0 Å². The summed E-state index contributed by atoms with van der Waals surface area (Å²) in [5, 5.41) is 5.69. The van der Waals surface area contributed by atoms with Gasteiger partial charge in [0.25, 0.3) is 9.05 Å². The summed E-state index contributed by atoms with van der Waals surface area (Å²) in [6, 6.07) is 5.38. The third kappa shape index (κ3) is 4.31. The molecule has 1 aromatic carbocycles. The molecule has 0 atom stereocenters. The van der Waals surface area contributed by atoms with E-state index in [0.717, 1.165) is 5.41 Å². The van der Waals surface area contributed by atoms with E-state index < -0.39 is 19.1 Å². The van der Waals surface area contributed by atoms with Crippen LogP contribution < -0.4 is 5.14 Å². The Morgan fingerprint density at radius 3 is 1.94 bits per heavy atom. The largest absolute Gasteiger partial charge is 0.254 e. The van der Waals surface area contributed by atoms with Crippen molar-refractivity contribution in [3.63, 3.8) is 0 Å². The van der Waals surface area contributed by atoms with Crippen molar-refractivity contribution in [3.05, 3.63) is 35.2 Å². The van der Waals surface area contributed by atoms with Crippen molar-refractivity contribution in [3.8, 4) is 0 Å². The van der Waals surface area contributed by atoms with E-state index in [1.54, 1.807) is 0 Å². The zero-order valence-electron chi connectivity index (χ0n) is 7.87. The predicted octanol–water partition coefficient (Wildman–Crippen LogP) is 0.873. The molecule has 1 rings (SSSR count). The van der Waals surface area contributed by atoms with Gasteiger partial charge < -0.3 is 0 Å². The Labute approximate surface area is 98.0 Å². The predicted molar refractivity (Wildman–Crippen MR) is 61.6 cm³/mol. The minimum absolute atomic E-state index is 0.0432. The van der Waals surface area contributed by atoms with Gasteiger partial charge in [0.2, 0.25) is 10.0 Å². The third-order valence-electron chi connectivity index (χ3n) is 1.63. The molecule has 0 fully saturated rings. The van der Waals surface area contributed by atoms with E-state index in [1.165, 1.54) is 30.3 Å². The monoisotopic (exact) mass is 281 g/mol. The number of rotatable bonds is 3. The smallest absolute Gasteiger partial charge is 0.225 e. The Morgan fingerprint density at radius 1 is 1.06 bits per heavy atom. The van der Waals surface area contributed by atoms with Gasteiger partial charge in [-0.1, -0.05) is 12.1 Å². The van der Waals surface area contributed by atoms with Crippen LogP contribution in [0.15, 0.2) is 34.6 Å². The molecule has 1 aromatic rings. The standard InChI is InChI=1S/C8H8ClNO4S2/c9-15(11,12)6-5-7-1-3-8(4-2-7)16(10,13)14/h1-6H,(H2,10,13,14)/b6-5+. The summed E-state index contributed by atoms with van der Waals surface area (Å²) in [6.07, 6.45) is 1.25. The maximum Gasteiger partial charge on any atom is 0.254 e. The van der Waals surface area contributed by atoms with E-state index in [-0.39, 0.29) is 4.90 Å². The van der Waals surface area contributed by atoms with Gasteiger partial charge in [-0.05, 0) is 23.8 Å². The molecule has 5 nitrogen and oxygen atoms in total. The minimum atomic E-state index is -3.73. The molecular formula is C8H8ClNO4S2. The van der Waals surface area contributed by atoms with Gasteiger partial charge in [-0.15, -0.1) is 0 Å². The van der Waals surface area contributed by atoms with Crippen molar-refractivity contribution < 1.29 is 16.8 Å². The first-order chi connectivity index (χ1) is 7.18. The fourth-order valence-electron chi connectivity index (χ4n) is 0.928. The highest BCUT2D eigenvalue weighted by molar-refractivity contribution is 8.16. The van der Waals surface area contributed by atoms with E-state index in [4.69, 9.17) is 15.8 Å². The number of sulfonamides is 1. The Morgan fingerprint density at radius 2 is 1.56 bits per heavy atom. The number of primary sulfonamides is 1. The van der Waals surface area contributed by atoms with Crippen LogP contribution in [0.2, 0.25) is 0 Å². The lowest BCUT2D eigenvalue weighted by Gasteiger charge is -1.97. The first-order valence-electron chi connectivity index (χ1n) is 3.94. The fourth-order valence-corrected chi connectivity index (χ4v) is 1.92. The highest BCUT2D eigenvalue weighted by atomic mass is 35.7. The molecule has 0 amide bonds. The van der Waals surface area contributed by atoms with E-state index in [2.05, 4.69) is 0 Å². The molecule has 0 aliphatic carbocycles. The van der Waals surface area contributed by atoms with Crippen molar-refractivity contribution in [2.75, 3.05) is 0 Å². The Bertz CT molecular complexity index is 602. The lowest BCUT2D eigenvalue weighted by Crippen LogP contribution is -2.11. The molecule has 0 bridgehead atoms. The topological polar surface area (TPSA) is 94.3 Å². The van der Waals surface area contributed by atoms with Crippen molar-refractivity contribution in [1.82, 2.24) is 0 Å². The molecule has 0 aromatic heterocycles. The van der Waals surface area contributed by atoms with Crippen LogP contribution in [0.1, 0.15) is 5.56 Å². The van der Waals surface area contributed by atoms with Crippen LogP contribution in [-0.2, 0) is 19.1 Å². The minimum Gasteiger partial charge on any atom is -0.225 e. The number of halogens is 1. The molecule has 0 radical (unpaired) electrons. The first-order valence-corrected chi connectivity index (χ1v) is 7.86. The number of hydrogen-bond acceptors (Lipinski definition) is 4. The highest BCUT2D eigenvalue weighted by Gasteiger charge is 2.06. The van der Waals surface area contributed by atoms with Crippen LogP contribution in [0.5, 0.6) is 0 Å². The van der Waals surface area contributed by atoms with E-state index in [0.29, 0.717) is 5.56 Å². The van der Waals surface area contributed by atoms with Crippen LogP contribution in [0.25, 0.3) is 6.08 Å². The molecule has 0 saturated heterocycles. The van der Waals surface area contributed by atoms with Gasteiger partial charge in [0.1, 0.15) is 0 Å². The normalized spacial score (nSPS) is 13.1. The van der Waals surface area contributed by atoms with Crippen molar-refractivity contribution >= 4 is 35.8 Å². The van der Waals surface area contributed by atoms with Crippen LogP contribution in [0.4, 0.5) is 0 Å². The summed E-state index contributed by atoms with van der Waals surface area (Å²) in [7, 11) is -2.49. The molecular weight excluding hydrogens is 274 g/mol. The Balaban J connectivity index is 3.02.